The van der Waals surface area contributed by atoms with Gasteiger partial charge in [-0.2, -0.15) is 0 Å². The van der Waals surface area contributed by atoms with Crippen molar-refractivity contribution < 1.29 is 24.0 Å². The van der Waals surface area contributed by atoms with Crippen molar-refractivity contribution in [3.8, 4) is 0 Å². The fraction of sp³-hybridized carbons (Fsp3) is 0.500. The predicted molar refractivity (Wildman–Crippen MR) is 54.5 cm³/mol. The summed E-state index contributed by atoms with van der Waals surface area (Å²) < 4.78 is 9.79. The third-order valence-electron chi connectivity index (χ3n) is 2.64. The first kappa shape index (κ1) is 11.6. The normalized spacial score (nSPS) is 23.6. The number of aliphatic carboxylic acids is 1. The van der Waals surface area contributed by atoms with E-state index in [-0.39, 0.29) is 18.8 Å². The Morgan fingerprint density at radius 1 is 1.59 bits per heavy atom. The number of aromatic nitrogens is 1. The lowest BCUT2D eigenvalue weighted by molar-refractivity contribution is -0.144. The van der Waals surface area contributed by atoms with E-state index in [4.69, 9.17) is 14.4 Å². The monoisotopic (exact) mass is 240 g/mol. The average molecular weight is 240 g/mol. The second kappa shape index (κ2) is 4.17. The number of hydrogen-bond donors (Lipinski definition) is 2. The van der Waals surface area contributed by atoms with Gasteiger partial charge in [0.1, 0.15) is 0 Å². The van der Waals surface area contributed by atoms with E-state index in [9.17, 15) is 9.59 Å². The van der Waals surface area contributed by atoms with Gasteiger partial charge >= 0.3 is 5.97 Å². The van der Waals surface area contributed by atoms with Crippen molar-refractivity contribution in [2.45, 2.75) is 18.9 Å². The second-order valence-electron chi connectivity index (χ2n) is 3.98. The first-order valence-electron chi connectivity index (χ1n) is 5.10. The highest BCUT2D eigenvalue weighted by Crippen LogP contribution is 2.19. The first-order valence-corrected chi connectivity index (χ1v) is 5.10. The lowest BCUT2D eigenvalue weighted by Gasteiger charge is -2.22. The van der Waals surface area contributed by atoms with Crippen LogP contribution in [0.2, 0.25) is 0 Å². The van der Waals surface area contributed by atoms with E-state index < -0.39 is 17.4 Å². The second-order valence-corrected chi connectivity index (χ2v) is 3.98. The highest BCUT2D eigenvalue weighted by Gasteiger charge is 2.44. The van der Waals surface area contributed by atoms with Gasteiger partial charge in [-0.25, -0.2) is 4.79 Å². The largest absolute Gasteiger partial charge is 0.479 e. The van der Waals surface area contributed by atoms with Crippen molar-refractivity contribution in [2.75, 3.05) is 13.2 Å². The molecule has 1 unspecified atom stereocenters. The summed E-state index contributed by atoms with van der Waals surface area (Å²) in [6, 6.07) is 1.45. The molecule has 0 aliphatic carbocycles. The Morgan fingerprint density at radius 3 is 2.82 bits per heavy atom. The molecule has 1 amide bonds. The van der Waals surface area contributed by atoms with Gasteiger partial charge < -0.3 is 19.7 Å². The molecule has 2 heterocycles. The molecule has 92 valence electrons. The minimum Gasteiger partial charge on any atom is -0.479 e. The number of carboxylic acids is 1. The van der Waals surface area contributed by atoms with E-state index >= 15 is 0 Å². The van der Waals surface area contributed by atoms with Crippen LogP contribution < -0.4 is 5.32 Å². The maximum absolute atomic E-state index is 11.8. The molecule has 17 heavy (non-hydrogen) atoms. The number of rotatable bonds is 3. The fourth-order valence-corrected chi connectivity index (χ4v) is 1.64. The summed E-state index contributed by atoms with van der Waals surface area (Å²) in [5.41, 5.74) is -0.806. The van der Waals surface area contributed by atoms with Gasteiger partial charge in [0, 0.05) is 19.1 Å². The van der Waals surface area contributed by atoms with Crippen molar-refractivity contribution in [1.82, 2.24) is 10.5 Å². The van der Waals surface area contributed by atoms with E-state index in [1.165, 1.54) is 6.07 Å². The molecule has 0 aromatic carbocycles. The molecule has 2 N–H and O–H groups in total. The van der Waals surface area contributed by atoms with E-state index in [0.717, 1.165) is 0 Å². The number of nitrogens with zero attached hydrogens (tertiary/aromatic N) is 1. The molecule has 1 aromatic rings. The highest BCUT2D eigenvalue weighted by molar-refractivity contribution is 5.96. The fourth-order valence-electron chi connectivity index (χ4n) is 1.64. The zero-order valence-corrected chi connectivity index (χ0v) is 9.23. The van der Waals surface area contributed by atoms with Crippen LogP contribution in [0.3, 0.4) is 0 Å². The molecule has 0 saturated carbocycles. The lowest BCUT2D eigenvalue weighted by Crippen LogP contribution is -2.55. The van der Waals surface area contributed by atoms with E-state index in [0.29, 0.717) is 12.3 Å². The highest BCUT2D eigenvalue weighted by atomic mass is 16.5. The Bertz CT molecular complexity index is 447. The summed E-state index contributed by atoms with van der Waals surface area (Å²) in [4.78, 5) is 22.9. The standard InChI is InChI=1S/C10H12N2O5/c1-6-4-7(17-12-6)8(13)11-10(9(14)15)2-3-16-5-10/h4H,2-3,5H2,1H3,(H,11,13)(H,14,15). The molecule has 0 spiro atoms. The smallest absolute Gasteiger partial charge is 0.331 e. The van der Waals surface area contributed by atoms with Crippen LogP contribution in [-0.2, 0) is 9.53 Å². The van der Waals surface area contributed by atoms with Gasteiger partial charge in [-0.15, -0.1) is 0 Å². The number of aryl methyl sites for hydroxylation is 1. The minimum absolute atomic E-state index is 0.00461. The Kier molecular flexibility index (Phi) is 2.84. The molecule has 1 aliphatic heterocycles. The maximum atomic E-state index is 11.8. The topological polar surface area (TPSA) is 102 Å². The van der Waals surface area contributed by atoms with Crippen molar-refractivity contribution in [2.24, 2.45) is 0 Å². The van der Waals surface area contributed by atoms with Crippen molar-refractivity contribution in [3.63, 3.8) is 0 Å². The summed E-state index contributed by atoms with van der Waals surface area (Å²) >= 11 is 0. The van der Waals surface area contributed by atoms with Gasteiger partial charge in [0.05, 0.1) is 12.3 Å². The number of carboxylic acid groups (broad SMARTS) is 1. The van der Waals surface area contributed by atoms with Crippen LogP contribution in [0, 0.1) is 6.92 Å². The van der Waals surface area contributed by atoms with E-state index in [2.05, 4.69) is 10.5 Å². The molecular weight excluding hydrogens is 228 g/mol. The number of amides is 1. The van der Waals surface area contributed by atoms with Crippen LogP contribution in [0.25, 0.3) is 0 Å². The van der Waals surface area contributed by atoms with Crippen LogP contribution in [0.15, 0.2) is 10.6 Å². The van der Waals surface area contributed by atoms with Crippen molar-refractivity contribution in [3.05, 3.63) is 17.5 Å². The number of carbonyl (C=O) groups excluding carboxylic acids is 1. The third-order valence-corrected chi connectivity index (χ3v) is 2.64. The van der Waals surface area contributed by atoms with Crippen LogP contribution in [-0.4, -0.2) is 40.9 Å². The van der Waals surface area contributed by atoms with Crippen molar-refractivity contribution in [1.29, 1.82) is 0 Å². The Hall–Kier alpha value is -1.89. The maximum Gasteiger partial charge on any atom is 0.331 e. The predicted octanol–water partition coefficient (Wildman–Crippen LogP) is -0.0435. The molecule has 1 fully saturated rings. The van der Waals surface area contributed by atoms with Gasteiger partial charge in [-0.3, -0.25) is 4.79 Å². The molecule has 0 radical (unpaired) electrons. The lowest BCUT2D eigenvalue weighted by atomic mass is 9.99. The SMILES string of the molecule is Cc1cc(C(=O)NC2(C(=O)O)CCOC2)on1. The minimum atomic E-state index is -1.36. The summed E-state index contributed by atoms with van der Waals surface area (Å²) in [5, 5.41) is 15.1. The molecule has 7 nitrogen and oxygen atoms in total. The number of ether oxygens (including phenoxy) is 1. The zero-order valence-electron chi connectivity index (χ0n) is 9.23. The molecular formula is C10H12N2O5. The summed E-state index contributed by atoms with van der Waals surface area (Å²) in [7, 11) is 0. The van der Waals surface area contributed by atoms with Crippen LogP contribution in [0.5, 0.6) is 0 Å². The number of carbonyl (C=O) groups is 2. The average Bonchev–Trinajstić information content (AvgIpc) is 2.87. The van der Waals surface area contributed by atoms with Crippen LogP contribution in [0.4, 0.5) is 0 Å². The molecule has 1 aromatic heterocycles. The Balaban J connectivity index is 2.14. The molecule has 1 saturated heterocycles. The quantitative estimate of drug-likeness (QED) is 0.768. The molecule has 7 heteroatoms. The van der Waals surface area contributed by atoms with E-state index in [1.807, 2.05) is 0 Å². The van der Waals surface area contributed by atoms with Crippen LogP contribution in [0.1, 0.15) is 22.7 Å². The molecule has 2 rings (SSSR count). The Morgan fingerprint density at radius 2 is 2.35 bits per heavy atom. The Labute approximate surface area is 96.7 Å². The number of hydrogen-bond acceptors (Lipinski definition) is 5. The molecule has 0 bridgehead atoms. The van der Waals surface area contributed by atoms with Gasteiger partial charge in [0.15, 0.2) is 5.54 Å². The van der Waals surface area contributed by atoms with Gasteiger partial charge in [-0.1, -0.05) is 5.16 Å². The van der Waals surface area contributed by atoms with Gasteiger partial charge in [-0.05, 0) is 6.92 Å². The summed E-state index contributed by atoms with van der Waals surface area (Å²) in [5.74, 6) is -1.71. The van der Waals surface area contributed by atoms with Crippen molar-refractivity contribution >= 4 is 11.9 Å². The van der Waals surface area contributed by atoms with Gasteiger partial charge in [0.2, 0.25) is 5.76 Å². The van der Waals surface area contributed by atoms with Gasteiger partial charge in [0.25, 0.3) is 5.91 Å². The third kappa shape index (κ3) is 2.14. The summed E-state index contributed by atoms with van der Waals surface area (Å²) in [6.07, 6.45) is 0.237. The molecule has 1 atom stereocenters. The number of nitrogens with one attached hydrogen (secondary N) is 1. The van der Waals surface area contributed by atoms with E-state index in [1.54, 1.807) is 6.92 Å². The summed E-state index contributed by atoms with van der Waals surface area (Å²) in [6.45, 7) is 1.94. The van der Waals surface area contributed by atoms with Crippen LogP contribution >= 0.6 is 0 Å². The zero-order chi connectivity index (χ0) is 12.5. The molecule has 1 aliphatic rings. The first-order chi connectivity index (χ1) is 8.03.